The van der Waals surface area contributed by atoms with Crippen molar-refractivity contribution in [3.8, 4) is 0 Å². The van der Waals surface area contributed by atoms with Gasteiger partial charge in [-0.2, -0.15) is 0 Å². The van der Waals surface area contributed by atoms with Crippen LogP contribution < -0.4 is 10.6 Å². The molecular weight excluding hydrogens is 219 g/mol. The smallest absolute Gasteiger partial charge is 0.192 e. The van der Waals surface area contributed by atoms with Crippen LogP contribution in [0.2, 0.25) is 0 Å². The number of nitrogens with one attached hydrogen (secondary N) is 1. The molecule has 0 saturated carbocycles. The van der Waals surface area contributed by atoms with Crippen LogP contribution in [0.3, 0.4) is 0 Å². The van der Waals surface area contributed by atoms with E-state index in [9.17, 15) is 13.2 Å². The molecule has 1 aromatic rings. The number of nitrogens with two attached hydrogens (primary N) is 1. The number of halogens is 3. The van der Waals surface area contributed by atoms with Gasteiger partial charge in [0.1, 0.15) is 11.5 Å². The Kier molecular flexibility index (Phi) is 3.41. The van der Waals surface area contributed by atoms with E-state index in [1.165, 1.54) is 7.05 Å². The Hall–Kier alpha value is -1.72. The average Bonchev–Trinajstić information content (AvgIpc) is 2.17. The standard InChI is InChI=1S/C10H12F3N3/c1-3-5-6(11)4-7(12)9(8(5)13)16(2)10(14)15/h4H,3H2,1-2H3,(H3,14,15). The molecule has 6 heteroatoms. The van der Waals surface area contributed by atoms with Crippen molar-refractivity contribution in [2.24, 2.45) is 5.73 Å². The Morgan fingerprint density at radius 2 is 1.94 bits per heavy atom. The summed E-state index contributed by atoms with van der Waals surface area (Å²) in [6.45, 7) is 1.55. The third-order valence-corrected chi connectivity index (χ3v) is 2.29. The zero-order valence-corrected chi connectivity index (χ0v) is 8.94. The van der Waals surface area contributed by atoms with Crippen LogP contribution in [0, 0.1) is 22.9 Å². The van der Waals surface area contributed by atoms with Crippen LogP contribution in [-0.4, -0.2) is 13.0 Å². The lowest BCUT2D eigenvalue weighted by molar-refractivity contribution is 0.527. The number of anilines is 1. The number of rotatable bonds is 2. The molecule has 0 aliphatic heterocycles. The minimum absolute atomic E-state index is 0.0939. The molecule has 0 unspecified atom stereocenters. The highest BCUT2D eigenvalue weighted by Gasteiger charge is 2.21. The van der Waals surface area contributed by atoms with E-state index in [2.05, 4.69) is 0 Å². The summed E-state index contributed by atoms with van der Waals surface area (Å²) in [6.07, 6.45) is 0.0939. The molecule has 1 aromatic carbocycles. The minimum Gasteiger partial charge on any atom is -0.370 e. The molecule has 0 spiro atoms. The maximum atomic E-state index is 13.7. The summed E-state index contributed by atoms with van der Waals surface area (Å²) in [4.78, 5) is 0.823. The van der Waals surface area contributed by atoms with Gasteiger partial charge in [0.15, 0.2) is 17.6 Å². The van der Waals surface area contributed by atoms with Gasteiger partial charge in [-0.05, 0) is 6.42 Å². The molecule has 0 amide bonds. The van der Waals surface area contributed by atoms with Gasteiger partial charge in [-0.15, -0.1) is 0 Å². The fourth-order valence-electron chi connectivity index (χ4n) is 1.37. The normalized spacial score (nSPS) is 10.3. The zero-order chi connectivity index (χ0) is 12.5. The van der Waals surface area contributed by atoms with E-state index in [0.717, 1.165) is 4.90 Å². The predicted molar refractivity (Wildman–Crippen MR) is 56.0 cm³/mol. The number of hydrogen-bond acceptors (Lipinski definition) is 1. The van der Waals surface area contributed by atoms with E-state index in [1.54, 1.807) is 6.92 Å². The summed E-state index contributed by atoms with van der Waals surface area (Å²) in [7, 11) is 1.24. The van der Waals surface area contributed by atoms with Crippen LogP contribution in [0.1, 0.15) is 12.5 Å². The fraction of sp³-hybridized carbons (Fsp3) is 0.300. The summed E-state index contributed by atoms with van der Waals surface area (Å²) in [5.41, 5.74) is 4.39. The quantitative estimate of drug-likeness (QED) is 0.604. The van der Waals surface area contributed by atoms with Gasteiger partial charge in [0.05, 0.1) is 0 Å². The first-order chi connectivity index (χ1) is 7.40. The molecule has 0 saturated heterocycles. The lowest BCUT2D eigenvalue weighted by Gasteiger charge is -2.19. The SMILES string of the molecule is CCc1c(F)cc(F)c(N(C)C(=N)N)c1F. The van der Waals surface area contributed by atoms with Gasteiger partial charge in [-0.25, -0.2) is 13.2 Å². The van der Waals surface area contributed by atoms with E-state index in [1.807, 2.05) is 0 Å². The van der Waals surface area contributed by atoms with Crippen molar-refractivity contribution >= 4 is 11.6 Å². The van der Waals surface area contributed by atoms with Crippen LogP contribution in [0.25, 0.3) is 0 Å². The van der Waals surface area contributed by atoms with Gasteiger partial charge in [-0.3, -0.25) is 5.41 Å². The summed E-state index contributed by atoms with van der Waals surface area (Å²) < 4.78 is 40.3. The Morgan fingerprint density at radius 3 is 2.38 bits per heavy atom. The van der Waals surface area contributed by atoms with Gasteiger partial charge >= 0.3 is 0 Å². The van der Waals surface area contributed by atoms with Gasteiger partial charge in [0.2, 0.25) is 0 Å². The molecule has 0 aromatic heterocycles. The van der Waals surface area contributed by atoms with Crippen LogP contribution >= 0.6 is 0 Å². The summed E-state index contributed by atoms with van der Waals surface area (Å²) in [5, 5.41) is 7.09. The second-order valence-corrected chi connectivity index (χ2v) is 3.28. The van der Waals surface area contributed by atoms with Crippen LogP contribution in [0.4, 0.5) is 18.9 Å². The van der Waals surface area contributed by atoms with Crippen molar-refractivity contribution < 1.29 is 13.2 Å². The number of guanidine groups is 1. The van der Waals surface area contributed by atoms with E-state index in [4.69, 9.17) is 11.1 Å². The molecule has 88 valence electrons. The number of hydrogen-bond donors (Lipinski definition) is 2. The molecule has 1 rings (SSSR count). The molecule has 3 N–H and O–H groups in total. The molecule has 0 atom stereocenters. The Morgan fingerprint density at radius 1 is 1.38 bits per heavy atom. The van der Waals surface area contributed by atoms with E-state index >= 15 is 0 Å². The van der Waals surface area contributed by atoms with Crippen LogP contribution in [0.15, 0.2) is 6.07 Å². The van der Waals surface area contributed by atoms with Crippen LogP contribution in [0.5, 0.6) is 0 Å². The molecule has 0 radical (unpaired) electrons. The topological polar surface area (TPSA) is 53.1 Å². The molecule has 16 heavy (non-hydrogen) atoms. The van der Waals surface area contributed by atoms with E-state index in [0.29, 0.717) is 6.07 Å². The van der Waals surface area contributed by atoms with Crippen molar-refractivity contribution in [3.63, 3.8) is 0 Å². The third kappa shape index (κ3) is 1.95. The highest BCUT2D eigenvalue weighted by atomic mass is 19.1. The van der Waals surface area contributed by atoms with Crippen molar-refractivity contribution in [1.82, 2.24) is 0 Å². The van der Waals surface area contributed by atoms with Gasteiger partial charge < -0.3 is 10.6 Å². The van der Waals surface area contributed by atoms with Crippen molar-refractivity contribution in [2.75, 3.05) is 11.9 Å². The lowest BCUT2D eigenvalue weighted by Crippen LogP contribution is -2.34. The molecule has 3 nitrogen and oxygen atoms in total. The second-order valence-electron chi connectivity index (χ2n) is 3.28. The second kappa shape index (κ2) is 4.42. The van der Waals surface area contributed by atoms with Gasteiger partial charge in [0, 0.05) is 18.7 Å². The summed E-state index contributed by atoms with van der Waals surface area (Å²) in [6, 6.07) is 0.594. The van der Waals surface area contributed by atoms with Crippen molar-refractivity contribution in [1.29, 1.82) is 5.41 Å². The fourth-order valence-corrected chi connectivity index (χ4v) is 1.37. The van der Waals surface area contributed by atoms with Gasteiger partial charge in [-0.1, -0.05) is 6.92 Å². The number of nitrogens with zero attached hydrogens (tertiary/aromatic N) is 1. The largest absolute Gasteiger partial charge is 0.370 e. The monoisotopic (exact) mass is 231 g/mol. The lowest BCUT2D eigenvalue weighted by atomic mass is 10.1. The Labute approximate surface area is 91.2 Å². The first-order valence-corrected chi connectivity index (χ1v) is 4.64. The summed E-state index contributed by atoms with van der Waals surface area (Å²) in [5.74, 6) is -3.55. The maximum Gasteiger partial charge on any atom is 0.192 e. The molecule has 0 aliphatic rings. The highest BCUT2D eigenvalue weighted by molar-refractivity contribution is 5.92. The first-order valence-electron chi connectivity index (χ1n) is 4.64. The first kappa shape index (κ1) is 12.4. The molecule has 0 heterocycles. The summed E-state index contributed by atoms with van der Waals surface area (Å²) >= 11 is 0. The van der Waals surface area contributed by atoms with Crippen molar-refractivity contribution in [3.05, 3.63) is 29.1 Å². The third-order valence-electron chi connectivity index (χ3n) is 2.29. The van der Waals surface area contributed by atoms with E-state index < -0.39 is 29.1 Å². The van der Waals surface area contributed by atoms with E-state index in [-0.39, 0.29) is 12.0 Å². The van der Waals surface area contributed by atoms with Crippen LogP contribution in [-0.2, 0) is 6.42 Å². The zero-order valence-electron chi connectivity index (χ0n) is 8.94. The van der Waals surface area contributed by atoms with Gasteiger partial charge in [0.25, 0.3) is 0 Å². The average molecular weight is 231 g/mol. The number of benzene rings is 1. The Balaban J connectivity index is 3.45. The minimum atomic E-state index is -1.08. The maximum absolute atomic E-state index is 13.7. The molecule has 0 fully saturated rings. The Bertz CT molecular complexity index is 432. The molecular formula is C10H12F3N3. The highest BCUT2D eigenvalue weighted by Crippen LogP contribution is 2.27. The molecule has 0 bridgehead atoms. The predicted octanol–water partition coefficient (Wildman–Crippen LogP) is 2.00. The molecule has 0 aliphatic carbocycles. The van der Waals surface area contributed by atoms with Crippen molar-refractivity contribution in [2.45, 2.75) is 13.3 Å².